The fraction of sp³-hybridized carbons (Fsp3) is 0.400. The number of phenols is 1. The van der Waals surface area contributed by atoms with E-state index in [2.05, 4.69) is 15.9 Å². The average Bonchev–Trinajstić information content (AvgIpc) is 2.23. The van der Waals surface area contributed by atoms with Crippen LogP contribution in [0, 0.1) is 5.82 Å². The Bertz CT molecular complexity index is 355. The molecule has 0 aliphatic rings. The standard InChI is InChI=1S/C10H12BrFO3/c1-15-8-5-7(12)9(11)6(10(8)14)3-2-4-13/h5,13-14H,2-4H2,1H3. The molecule has 0 atom stereocenters. The van der Waals surface area contributed by atoms with Crippen LogP contribution in [0.3, 0.4) is 0 Å². The van der Waals surface area contributed by atoms with Gasteiger partial charge in [0.2, 0.25) is 0 Å². The van der Waals surface area contributed by atoms with Crippen LogP contribution in [-0.4, -0.2) is 23.9 Å². The maximum absolute atomic E-state index is 13.3. The Morgan fingerprint density at radius 1 is 1.53 bits per heavy atom. The third-order valence-electron chi connectivity index (χ3n) is 2.06. The number of methoxy groups -OCH3 is 1. The van der Waals surface area contributed by atoms with Gasteiger partial charge in [0.05, 0.1) is 11.6 Å². The fourth-order valence-electron chi connectivity index (χ4n) is 1.28. The van der Waals surface area contributed by atoms with Crippen LogP contribution in [0.25, 0.3) is 0 Å². The number of phenolic OH excluding ortho intramolecular Hbond substituents is 1. The van der Waals surface area contributed by atoms with E-state index in [0.29, 0.717) is 18.4 Å². The first-order chi connectivity index (χ1) is 7.11. The molecule has 15 heavy (non-hydrogen) atoms. The van der Waals surface area contributed by atoms with Crippen molar-refractivity contribution in [3.8, 4) is 11.5 Å². The smallest absolute Gasteiger partial charge is 0.163 e. The van der Waals surface area contributed by atoms with Gasteiger partial charge in [0.15, 0.2) is 11.5 Å². The molecule has 0 aliphatic heterocycles. The van der Waals surface area contributed by atoms with Crippen LogP contribution in [0.5, 0.6) is 11.5 Å². The number of ether oxygens (including phenoxy) is 1. The highest BCUT2D eigenvalue weighted by Crippen LogP contribution is 2.37. The molecule has 0 aromatic heterocycles. The van der Waals surface area contributed by atoms with Gasteiger partial charge in [0.25, 0.3) is 0 Å². The quantitative estimate of drug-likeness (QED) is 0.888. The normalized spacial score (nSPS) is 10.4. The van der Waals surface area contributed by atoms with Gasteiger partial charge in [-0.3, -0.25) is 0 Å². The summed E-state index contributed by atoms with van der Waals surface area (Å²) in [4.78, 5) is 0. The lowest BCUT2D eigenvalue weighted by Gasteiger charge is -2.11. The van der Waals surface area contributed by atoms with Crippen molar-refractivity contribution in [3.63, 3.8) is 0 Å². The molecule has 0 bridgehead atoms. The van der Waals surface area contributed by atoms with Gasteiger partial charge in [0, 0.05) is 18.2 Å². The van der Waals surface area contributed by atoms with E-state index >= 15 is 0 Å². The molecule has 0 saturated heterocycles. The van der Waals surface area contributed by atoms with Gasteiger partial charge in [-0.25, -0.2) is 4.39 Å². The van der Waals surface area contributed by atoms with Gasteiger partial charge >= 0.3 is 0 Å². The minimum absolute atomic E-state index is 0.00922. The number of rotatable bonds is 4. The Morgan fingerprint density at radius 2 is 2.20 bits per heavy atom. The lowest BCUT2D eigenvalue weighted by atomic mass is 10.1. The summed E-state index contributed by atoms with van der Waals surface area (Å²) < 4.78 is 18.4. The first kappa shape index (κ1) is 12.3. The Balaban J connectivity index is 3.15. The van der Waals surface area contributed by atoms with Crippen molar-refractivity contribution in [2.45, 2.75) is 12.8 Å². The number of halogens is 2. The summed E-state index contributed by atoms with van der Waals surface area (Å²) in [6, 6.07) is 1.11. The summed E-state index contributed by atoms with van der Waals surface area (Å²) in [5, 5.41) is 18.4. The Labute approximate surface area is 95.6 Å². The highest BCUT2D eigenvalue weighted by Gasteiger charge is 2.16. The van der Waals surface area contributed by atoms with Gasteiger partial charge in [-0.2, -0.15) is 0 Å². The molecule has 3 nitrogen and oxygen atoms in total. The van der Waals surface area contributed by atoms with E-state index in [1.54, 1.807) is 0 Å². The van der Waals surface area contributed by atoms with Gasteiger partial charge < -0.3 is 14.9 Å². The SMILES string of the molecule is COc1cc(F)c(Br)c(CCCO)c1O. The van der Waals surface area contributed by atoms with Crippen LogP contribution in [0.1, 0.15) is 12.0 Å². The lowest BCUT2D eigenvalue weighted by molar-refractivity contribution is 0.287. The number of aliphatic hydroxyl groups is 1. The number of hydrogen-bond acceptors (Lipinski definition) is 3. The molecule has 1 aromatic rings. The zero-order valence-electron chi connectivity index (χ0n) is 8.26. The molecule has 1 aromatic carbocycles. The molecule has 0 saturated carbocycles. The van der Waals surface area contributed by atoms with Gasteiger partial charge in [-0.05, 0) is 28.8 Å². The molecule has 0 aliphatic carbocycles. The van der Waals surface area contributed by atoms with Gasteiger partial charge in [-0.1, -0.05) is 0 Å². The van der Waals surface area contributed by atoms with E-state index in [4.69, 9.17) is 9.84 Å². The molecule has 2 N–H and O–H groups in total. The molecular weight excluding hydrogens is 267 g/mol. The summed E-state index contributed by atoms with van der Waals surface area (Å²) in [5.74, 6) is -0.472. The zero-order chi connectivity index (χ0) is 11.4. The van der Waals surface area contributed by atoms with E-state index in [-0.39, 0.29) is 22.6 Å². The topological polar surface area (TPSA) is 49.7 Å². The largest absolute Gasteiger partial charge is 0.504 e. The van der Waals surface area contributed by atoms with Gasteiger partial charge in [-0.15, -0.1) is 0 Å². The van der Waals surface area contributed by atoms with Crippen LogP contribution in [0.4, 0.5) is 4.39 Å². The number of aliphatic hydroxyl groups excluding tert-OH is 1. The first-order valence-corrected chi connectivity index (χ1v) is 5.25. The van der Waals surface area contributed by atoms with E-state index in [1.165, 1.54) is 7.11 Å². The van der Waals surface area contributed by atoms with Crippen molar-refractivity contribution >= 4 is 15.9 Å². The predicted octanol–water partition coefficient (Wildman–Crippen LogP) is 2.23. The van der Waals surface area contributed by atoms with E-state index in [1.807, 2.05) is 0 Å². The molecule has 0 heterocycles. The van der Waals surface area contributed by atoms with Crippen LogP contribution >= 0.6 is 15.9 Å². The minimum atomic E-state index is -0.488. The monoisotopic (exact) mass is 278 g/mol. The molecule has 0 radical (unpaired) electrons. The second kappa shape index (κ2) is 5.32. The summed E-state index contributed by atoms with van der Waals surface area (Å²) in [5.41, 5.74) is 0.418. The molecular formula is C10H12BrFO3. The van der Waals surface area contributed by atoms with Crippen LogP contribution < -0.4 is 4.74 Å². The number of hydrogen-bond donors (Lipinski definition) is 2. The molecule has 84 valence electrons. The molecule has 0 fully saturated rings. The van der Waals surface area contributed by atoms with Crippen molar-refractivity contribution < 1.29 is 19.3 Å². The summed E-state index contributed by atoms with van der Waals surface area (Å²) >= 11 is 3.05. The maximum Gasteiger partial charge on any atom is 0.163 e. The summed E-state index contributed by atoms with van der Waals surface area (Å²) in [6.07, 6.45) is 0.843. The van der Waals surface area contributed by atoms with Crippen molar-refractivity contribution in [1.82, 2.24) is 0 Å². The van der Waals surface area contributed by atoms with Crippen LogP contribution in [0.15, 0.2) is 10.5 Å². The van der Waals surface area contributed by atoms with Crippen molar-refractivity contribution in [2.24, 2.45) is 0 Å². The molecule has 0 spiro atoms. The highest BCUT2D eigenvalue weighted by atomic mass is 79.9. The highest BCUT2D eigenvalue weighted by molar-refractivity contribution is 9.10. The van der Waals surface area contributed by atoms with Crippen molar-refractivity contribution in [3.05, 3.63) is 21.9 Å². The van der Waals surface area contributed by atoms with Gasteiger partial charge in [0.1, 0.15) is 5.82 Å². The average molecular weight is 279 g/mol. The van der Waals surface area contributed by atoms with E-state index in [9.17, 15) is 9.50 Å². The minimum Gasteiger partial charge on any atom is -0.504 e. The zero-order valence-corrected chi connectivity index (χ0v) is 9.84. The maximum atomic E-state index is 13.3. The molecule has 5 heteroatoms. The van der Waals surface area contributed by atoms with Crippen molar-refractivity contribution in [2.75, 3.05) is 13.7 Å². The van der Waals surface area contributed by atoms with E-state index in [0.717, 1.165) is 6.07 Å². The van der Waals surface area contributed by atoms with Crippen LogP contribution in [-0.2, 0) is 6.42 Å². The summed E-state index contributed by atoms with van der Waals surface area (Å²) in [7, 11) is 1.36. The fourth-order valence-corrected chi connectivity index (χ4v) is 1.78. The second-order valence-electron chi connectivity index (χ2n) is 3.03. The summed E-state index contributed by atoms with van der Waals surface area (Å²) in [6.45, 7) is -0.00922. The molecule has 1 rings (SSSR count). The number of benzene rings is 1. The predicted molar refractivity (Wildman–Crippen MR) is 57.7 cm³/mol. The lowest BCUT2D eigenvalue weighted by Crippen LogP contribution is -1.96. The van der Waals surface area contributed by atoms with E-state index < -0.39 is 5.82 Å². The third-order valence-corrected chi connectivity index (χ3v) is 2.91. The Kier molecular flexibility index (Phi) is 4.35. The molecule has 0 unspecified atom stereocenters. The molecule has 0 amide bonds. The van der Waals surface area contributed by atoms with Crippen molar-refractivity contribution in [1.29, 1.82) is 0 Å². The van der Waals surface area contributed by atoms with Crippen LogP contribution in [0.2, 0.25) is 0 Å². The number of aromatic hydroxyl groups is 1. The first-order valence-electron chi connectivity index (χ1n) is 4.46. The Hall–Kier alpha value is -0.810. The Morgan fingerprint density at radius 3 is 2.73 bits per heavy atom. The third kappa shape index (κ3) is 2.60. The second-order valence-corrected chi connectivity index (χ2v) is 3.82.